The van der Waals surface area contributed by atoms with E-state index in [2.05, 4.69) is 12.2 Å². The number of hydrogen-bond donors (Lipinski definition) is 1. The maximum atomic E-state index is 11.7. The maximum Gasteiger partial charge on any atom is 0.338 e. The maximum absolute atomic E-state index is 11.7. The summed E-state index contributed by atoms with van der Waals surface area (Å²) >= 11 is 0. The third kappa shape index (κ3) is 4.58. The lowest BCUT2D eigenvalue weighted by Gasteiger charge is -2.15. The average molecular weight is 261 g/mol. The van der Waals surface area contributed by atoms with Gasteiger partial charge in [0.2, 0.25) is 0 Å². The highest BCUT2D eigenvalue weighted by Crippen LogP contribution is 2.34. The second-order valence-corrected chi connectivity index (χ2v) is 5.76. The van der Waals surface area contributed by atoms with E-state index < -0.39 is 0 Å². The van der Waals surface area contributed by atoms with Gasteiger partial charge in [-0.3, -0.25) is 0 Å². The van der Waals surface area contributed by atoms with Gasteiger partial charge < -0.3 is 10.1 Å². The lowest BCUT2D eigenvalue weighted by molar-refractivity contribution is 0.0378. The predicted molar refractivity (Wildman–Crippen MR) is 77.4 cm³/mol. The van der Waals surface area contributed by atoms with Crippen LogP contribution in [0, 0.1) is 5.92 Å². The topological polar surface area (TPSA) is 38.3 Å². The van der Waals surface area contributed by atoms with Gasteiger partial charge >= 0.3 is 5.97 Å². The Kier molecular flexibility index (Phi) is 4.46. The van der Waals surface area contributed by atoms with Crippen LogP contribution in [-0.2, 0) is 4.74 Å². The molecule has 0 aromatic heterocycles. The SMILES string of the molecule is CC(CC1CC1)Nc1ccc(C(=O)OC(C)C)cc1. The molecule has 1 aliphatic rings. The Morgan fingerprint density at radius 3 is 2.42 bits per heavy atom. The fourth-order valence-electron chi connectivity index (χ4n) is 2.18. The van der Waals surface area contributed by atoms with Gasteiger partial charge in [-0.05, 0) is 57.4 Å². The highest BCUT2D eigenvalue weighted by Gasteiger charge is 2.23. The van der Waals surface area contributed by atoms with E-state index in [4.69, 9.17) is 4.74 Å². The number of esters is 1. The Morgan fingerprint density at radius 1 is 1.26 bits per heavy atom. The van der Waals surface area contributed by atoms with Gasteiger partial charge in [0.25, 0.3) is 0 Å². The quantitative estimate of drug-likeness (QED) is 0.790. The minimum atomic E-state index is -0.257. The second kappa shape index (κ2) is 6.09. The van der Waals surface area contributed by atoms with Crippen LogP contribution in [0.3, 0.4) is 0 Å². The highest BCUT2D eigenvalue weighted by atomic mass is 16.5. The van der Waals surface area contributed by atoms with Gasteiger partial charge in [0, 0.05) is 11.7 Å². The van der Waals surface area contributed by atoms with Crippen LogP contribution in [0.5, 0.6) is 0 Å². The van der Waals surface area contributed by atoms with E-state index in [1.165, 1.54) is 19.3 Å². The number of carbonyl (C=O) groups excluding carboxylic acids is 1. The van der Waals surface area contributed by atoms with E-state index in [0.29, 0.717) is 11.6 Å². The Morgan fingerprint density at radius 2 is 1.89 bits per heavy atom. The first-order valence-electron chi connectivity index (χ1n) is 7.12. The second-order valence-electron chi connectivity index (χ2n) is 5.76. The number of benzene rings is 1. The van der Waals surface area contributed by atoms with Gasteiger partial charge in [0.15, 0.2) is 0 Å². The van der Waals surface area contributed by atoms with Crippen molar-refractivity contribution in [1.29, 1.82) is 0 Å². The number of nitrogens with one attached hydrogen (secondary N) is 1. The Labute approximate surface area is 115 Å². The first kappa shape index (κ1) is 13.9. The zero-order chi connectivity index (χ0) is 13.8. The monoisotopic (exact) mass is 261 g/mol. The van der Waals surface area contributed by atoms with E-state index in [-0.39, 0.29) is 12.1 Å². The molecule has 0 bridgehead atoms. The number of ether oxygens (including phenoxy) is 1. The molecule has 3 nitrogen and oxygen atoms in total. The van der Waals surface area contributed by atoms with E-state index >= 15 is 0 Å². The van der Waals surface area contributed by atoms with E-state index in [9.17, 15) is 4.79 Å². The minimum Gasteiger partial charge on any atom is -0.459 e. The molecule has 0 spiro atoms. The average Bonchev–Trinajstić information content (AvgIpc) is 3.12. The zero-order valence-electron chi connectivity index (χ0n) is 12.0. The lowest BCUT2D eigenvalue weighted by atomic mass is 10.1. The molecule has 104 valence electrons. The summed E-state index contributed by atoms with van der Waals surface area (Å²) < 4.78 is 5.16. The fraction of sp³-hybridized carbons (Fsp3) is 0.562. The summed E-state index contributed by atoms with van der Waals surface area (Å²) in [5.41, 5.74) is 1.67. The first-order chi connectivity index (χ1) is 9.04. The van der Waals surface area contributed by atoms with Gasteiger partial charge in [-0.2, -0.15) is 0 Å². The molecular formula is C16H23NO2. The normalized spacial score (nSPS) is 16.2. The molecule has 1 aromatic carbocycles. The van der Waals surface area contributed by atoms with E-state index in [1.54, 1.807) is 0 Å². The summed E-state index contributed by atoms with van der Waals surface area (Å²) in [6.45, 7) is 5.92. The first-order valence-corrected chi connectivity index (χ1v) is 7.12. The summed E-state index contributed by atoms with van der Waals surface area (Å²) in [4.78, 5) is 11.7. The van der Waals surface area contributed by atoms with Gasteiger partial charge in [0.05, 0.1) is 11.7 Å². The van der Waals surface area contributed by atoms with Crippen LogP contribution in [-0.4, -0.2) is 18.1 Å². The summed E-state index contributed by atoms with van der Waals surface area (Å²) in [5, 5.41) is 3.47. The molecule has 1 atom stereocenters. The van der Waals surface area contributed by atoms with Crippen LogP contribution < -0.4 is 5.32 Å². The third-order valence-electron chi connectivity index (χ3n) is 3.26. The zero-order valence-corrected chi connectivity index (χ0v) is 12.0. The fourth-order valence-corrected chi connectivity index (χ4v) is 2.18. The van der Waals surface area contributed by atoms with E-state index in [0.717, 1.165) is 11.6 Å². The van der Waals surface area contributed by atoms with Gasteiger partial charge in [-0.1, -0.05) is 12.8 Å². The van der Waals surface area contributed by atoms with Crippen molar-refractivity contribution in [2.75, 3.05) is 5.32 Å². The van der Waals surface area contributed by atoms with Gasteiger partial charge in [0.1, 0.15) is 0 Å². The van der Waals surface area contributed by atoms with Crippen LogP contribution in [0.4, 0.5) is 5.69 Å². The van der Waals surface area contributed by atoms with E-state index in [1.807, 2.05) is 38.1 Å². The van der Waals surface area contributed by atoms with Crippen molar-refractivity contribution in [2.45, 2.75) is 52.2 Å². The predicted octanol–water partition coefficient (Wildman–Crippen LogP) is 3.85. The van der Waals surface area contributed by atoms with Crippen LogP contribution in [0.1, 0.15) is 50.4 Å². The van der Waals surface area contributed by atoms with Gasteiger partial charge in [-0.15, -0.1) is 0 Å². The molecule has 1 aliphatic carbocycles. The van der Waals surface area contributed by atoms with Crippen molar-refractivity contribution in [3.63, 3.8) is 0 Å². The molecule has 0 saturated heterocycles. The Balaban J connectivity index is 1.88. The highest BCUT2D eigenvalue weighted by molar-refractivity contribution is 5.89. The summed E-state index contributed by atoms with van der Waals surface area (Å²) in [5.74, 6) is 0.662. The number of hydrogen-bond acceptors (Lipinski definition) is 3. The van der Waals surface area contributed by atoms with Crippen molar-refractivity contribution in [2.24, 2.45) is 5.92 Å². The van der Waals surface area contributed by atoms with Crippen molar-refractivity contribution in [3.8, 4) is 0 Å². The van der Waals surface area contributed by atoms with Crippen LogP contribution >= 0.6 is 0 Å². The smallest absolute Gasteiger partial charge is 0.338 e. The van der Waals surface area contributed by atoms with Crippen molar-refractivity contribution in [1.82, 2.24) is 0 Å². The third-order valence-corrected chi connectivity index (χ3v) is 3.26. The van der Waals surface area contributed by atoms with Crippen molar-refractivity contribution >= 4 is 11.7 Å². The Hall–Kier alpha value is -1.51. The molecular weight excluding hydrogens is 238 g/mol. The molecule has 0 heterocycles. The largest absolute Gasteiger partial charge is 0.459 e. The standard InChI is InChI=1S/C16H23NO2/c1-11(2)19-16(18)14-6-8-15(9-7-14)17-12(3)10-13-4-5-13/h6-9,11-13,17H,4-5,10H2,1-3H3. The number of rotatable bonds is 6. The van der Waals surface area contributed by atoms with Crippen molar-refractivity contribution < 1.29 is 9.53 Å². The molecule has 19 heavy (non-hydrogen) atoms. The molecule has 1 N–H and O–H groups in total. The van der Waals surface area contributed by atoms with Crippen LogP contribution in [0.25, 0.3) is 0 Å². The van der Waals surface area contributed by atoms with Gasteiger partial charge in [-0.25, -0.2) is 4.79 Å². The molecule has 2 rings (SSSR count). The number of anilines is 1. The molecule has 0 aliphatic heterocycles. The summed E-state index contributed by atoms with van der Waals surface area (Å²) in [7, 11) is 0. The van der Waals surface area contributed by atoms with Crippen LogP contribution in [0.15, 0.2) is 24.3 Å². The molecule has 1 fully saturated rings. The summed E-state index contributed by atoms with van der Waals surface area (Å²) in [6, 6.07) is 8.01. The lowest BCUT2D eigenvalue weighted by Crippen LogP contribution is -2.16. The molecule has 0 radical (unpaired) electrons. The molecule has 1 saturated carbocycles. The minimum absolute atomic E-state index is 0.0798. The number of carbonyl (C=O) groups is 1. The van der Waals surface area contributed by atoms with Crippen molar-refractivity contribution in [3.05, 3.63) is 29.8 Å². The Bertz CT molecular complexity index is 421. The molecule has 0 amide bonds. The van der Waals surface area contributed by atoms with Crippen LogP contribution in [0.2, 0.25) is 0 Å². The molecule has 3 heteroatoms. The molecule has 1 aromatic rings. The molecule has 1 unspecified atom stereocenters. The summed E-state index contributed by atoms with van der Waals surface area (Å²) in [6.07, 6.45) is 3.92.